The van der Waals surface area contributed by atoms with E-state index in [0.29, 0.717) is 13.2 Å². The van der Waals surface area contributed by atoms with Crippen molar-refractivity contribution in [3.05, 3.63) is 53.1 Å². The van der Waals surface area contributed by atoms with Crippen molar-refractivity contribution in [3.8, 4) is 17.2 Å². The first-order valence-electron chi connectivity index (χ1n) is 8.83. The second-order valence-corrected chi connectivity index (χ2v) is 5.95. The van der Waals surface area contributed by atoms with Gasteiger partial charge in [0.15, 0.2) is 11.5 Å². The van der Waals surface area contributed by atoms with Crippen molar-refractivity contribution in [2.24, 2.45) is 0 Å². The van der Waals surface area contributed by atoms with E-state index in [-0.39, 0.29) is 24.2 Å². The average Bonchev–Trinajstić information content (AvgIpc) is 2.62. The molecule has 0 amide bonds. The molecule has 1 unspecified atom stereocenters. The molecule has 1 heterocycles. The van der Waals surface area contributed by atoms with Gasteiger partial charge in [0.2, 0.25) is 0 Å². The Morgan fingerprint density at radius 3 is 2.26 bits per heavy atom. The molecule has 0 saturated heterocycles. The third-order valence-electron chi connectivity index (χ3n) is 4.30. The van der Waals surface area contributed by atoms with Crippen LogP contribution in [0.25, 0.3) is 0 Å². The molecule has 3 rings (SSSR count). The SMILES string of the molecule is CCOc1cc2c(cc1OCC)C(c1ccc(OC(F)F)cc1)NCC2.Cl. The summed E-state index contributed by atoms with van der Waals surface area (Å²) in [6.07, 6.45) is 0.894. The summed E-state index contributed by atoms with van der Waals surface area (Å²) in [6, 6.07) is 10.8. The van der Waals surface area contributed by atoms with Crippen LogP contribution in [0.1, 0.15) is 36.6 Å². The summed E-state index contributed by atoms with van der Waals surface area (Å²) in [6.45, 7) is 3.02. The highest BCUT2D eigenvalue weighted by Crippen LogP contribution is 2.38. The smallest absolute Gasteiger partial charge is 0.387 e. The monoisotopic (exact) mass is 399 g/mol. The minimum Gasteiger partial charge on any atom is -0.490 e. The normalized spacial score (nSPS) is 15.7. The van der Waals surface area contributed by atoms with Crippen molar-refractivity contribution in [1.82, 2.24) is 5.32 Å². The molecule has 27 heavy (non-hydrogen) atoms. The maximum atomic E-state index is 12.3. The Morgan fingerprint density at radius 1 is 1.04 bits per heavy atom. The summed E-state index contributed by atoms with van der Waals surface area (Å²) >= 11 is 0. The molecule has 148 valence electrons. The van der Waals surface area contributed by atoms with Crippen molar-refractivity contribution in [2.45, 2.75) is 32.9 Å². The van der Waals surface area contributed by atoms with Crippen LogP contribution in [0.4, 0.5) is 8.78 Å². The van der Waals surface area contributed by atoms with Crippen LogP contribution in [0.3, 0.4) is 0 Å². The van der Waals surface area contributed by atoms with E-state index in [9.17, 15) is 8.78 Å². The Bertz CT molecular complexity index is 741. The number of hydrogen-bond donors (Lipinski definition) is 1. The highest BCUT2D eigenvalue weighted by Gasteiger charge is 2.24. The zero-order valence-electron chi connectivity index (χ0n) is 15.3. The lowest BCUT2D eigenvalue weighted by Gasteiger charge is -2.29. The van der Waals surface area contributed by atoms with Gasteiger partial charge in [0.25, 0.3) is 0 Å². The molecule has 2 aromatic carbocycles. The van der Waals surface area contributed by atoms with Crippen molar-refractivity contribution >= 4 is 12.4 Å². The Kier molecular flexibility index (Phi) is 7.68. The molecule has 0 fully saturated rings. The summed E-state index contributed by atoms with van der Waals surface area (Å²) in [4.78, 5) is 0. The van der Waals surface area contributed by atoms with Crippen LogP contribution in [-0.2, 0) is 6.42 Å². The first kappa shape index (κ1) is 21.3. The number of halogens is 3. The first-order chi connectivity index (χ1) is 12.6. The Labute approximate surface area is 164 Å². The van der Waals surface area contributed by atoms with Gasteiger partial charge in [0.05, 0.1) is 19.3 Å². The molecule has 1 atom stereocenters. The van der Waals surface area contributed by atoms with Gasteiger partial charge >= 0.3 is 6.61 Å². The molecule has 4 nitrogen and oxygen atoms in total. The number of fused-ring (bicyclic) bond motifs is 1. The second-order valence-electron chi connectivity index (χ2n) is 5.95. The molecule has 0 spiro atoms. The maximum absolute atomic E-state index is 12.3. The standard InChI is InChI=1S/C20H23F2NO3.ClH/c1-3-24-17-11-14-9-10-23-19(16(14)12-18(17)25-4-2)13-5-7-15(8-6-13)26-20(21)22;/h5-8,11-12,19-20,23H,3-4,9-10H2,1-2H3;1H. The number of benzene rings is 2. The van der Waals surface area contributed by atoms with E-state index < -0.39 is 6.61 Å². The molecule has 0 radical (unpaired) electrons. The van der Waals surface area contributed by atoms with Gasteiger partial charge in [-0.2, -0.15) is 8.78 Å². The van der Waals surface area contributed by atoms with Crippen molar-refractivity contribution in [3.63, 3.8) is 0 Å². The zero-order chi connectivity index (χ0) is 18.5. The third-order valence-corrected chi connectivity index (χ3v) is 4.30. The molecular formula is C20H24ClF2NO3. The lowest BCUT2D eigenvalue weighted by atomic mass is 9.89. The van der Waals surface area contributed by atoms with Gasteiger partial charge in [-0.1, -0.05) is 12.1 Å². The minimum absolute atomic E-state index is 0. The van der Waals surface area contributed by atoms with Gasteiger partial charge in [-0.3, -0.25) is 0 Å². The number of rotatable bonds is 7. The molecule has 7 heteroatoms. The summed E-state index contributed by atoms with van der Waals surface area (Å²) in [5, 5.41) is 3.49. The van der Waals surface area contributed by atoms with Crippen LogP contribution in [0.5, 0.6) is 17.2 Å². The first-order valence-corrected chi connectivity index (χ1v) is 8.83. The van der Waals surface area contributed by atoms with Crippen LogP contribution in [0.15, 0.2) is 36.4 Å². The van der Waals surface area contributed by atoms with Crippen molar-refractivity contribution < 1.29 is 23.0 Å². The average molecular weight is 400 g/mol. The Morgan fingerprint density at radius 2 is 1.67 bits per heavy atom. The fourth-order valence-electron chi connectivity index (χ4n) is 3.24. The molecule has 0 bridgehead atoms. The predicted octanol–water partition coefficient (Wildman–Crippen LogP) is 4.74. The molecule has 0 aliphatic carbocycles. The van der Waals surface area contributed by atoms with Gasteiger partial charge in [-0.15, -0.1) is 12.4 Å². The van der Waals surface area contributed by atoms with Crippen molar-refractivity contribution in [2.75, 3.05) is 19.8 Å². The van der Waals surface area contributed by atoms with E-state index in [2.05, 4.69) is 10.1 Å². The van der Waals surface area contributed by atoms with Gasteiger partial charge in [0.1, 0.15) is 5.75 Å². The molecule has 0 saturated carbocycles. The van der Waals surface area contributed by atoms with Crippen LogP contribution in [0.2, 0.25) is 0 Å². The van der Waals surface area contributed by atoms with Crippen LogP contribution in [0, 0.1) is 0 Å². The zero-order valence-corrected chi connectivity index (χ0v) is 16.2. The maximum Gasteiger partial charge on any atom is 0.387 e. The fourth-order valence-corrected chi connectivity index (χ4v) is 3.24. The van der Waals surface area contributed by atoms with E-state index in [4.69, 9.17) is 9.47 Å². The minimum atomic E-state index is -2.82. The number of hydrogen-bond acceptors (Lipinski definition) is 4. The second kappa shape index (κ2) is 9.76. The lowest BCUT2D eigenvalue weighted by molar-refractivity contribution is -0.0498. The molecule has 1 aliphatic rings. The van der Waals surface area contributed by atoms with Crippen LogP contribution in [-0.4, -0.2) is 26.4 Å². The Hall–Kier alpha value is -2.05. The molecule has 1 aliphatic heterocycles. The van der Waals surface area contributed by atoms with E-state index in [1.807, 2.05) is 26.0 Å². The fraction of sp³-hybridized carbons (Fsp3) is 0.400. The van der Waals surface area contributed by atoms with E-state index >= 15 is 0 Å². The number of nitrogens with one attached hydrogen (secondary N) is 1. The summed E-state index contributed by atoms with van der Waals surface area (Å²) in [7, 11) is 0. The van der Waals surface area contributed by atoms with Gasteiger partial charge in [0, 0.05) is 6.54 Å². The van der Waals surface area contributed by atoms with Gasteiger partial charge in [-0.05, 0) is 61.2 Å². The number of alkyl halides is 2. The summed E-state index contributed by atoms with van der Waals surface area (Å²) < 4.78 is 40.6. The largest absolute Gasteiger partial charge is 0.490 e. The van der Waals surface area contributed by atoms with Crippen LogP contribution < -0.4 is 19.5 Å². The van der Waals surface area contributed by atoms with Crippen LogP contribution >= 0.6 is 12.4 Å². The van der Waals surface area contributed by atoms with E-state index in [0.717, 1.165) is 35.6 Å². The number of ether oxygens (including phenoxy) is 3. The summed E-state index contributed by atoms with van der Waals surface area (Å²) in [5.74, 6) is 1.63. The molecule has 1 N–H and O–H groups in total. The highest BCUT2D eigenvalue weighted by atomic mass is 35.5. The topological polar surface area (TPSA) is 39.7 Å². The molecule has 0 aromatic heterocycles. The quantitative estimate of drug-likeness (QED) is 0.729. The lowest BCUT2D eigenvalue weighted by Crippen LogP contribution is -2.30. The van der Waals surface area contributed by atoms with Gasteiger partial charge in [-0.25, -0.2) is 0 Å². The third kappa shape index (κ3) is 5.02. The van der Waals surface area contributed by atoms with Crippen molar-refractivity contribution in [1.29, 1.82) is 0 Å². The van der Waals surface area contributed by atoms with E-state index in [1.165, 1.54) is 5.56 Å². The highest BCUT2D eigenvalue weighted by molar-refractivity contribution is 5.85. The summed E-state index contributed by atoms with van der Waals surface area (Å²) in [5.41, 5.74) is 3.30. The van der Waals surface area contributed by atoms with Gasteiger partial charge < -0.3 is 19.5 Å². The Balaban J connectivity index is 0.00000261. The van der Waals surface area contributed by atoms with E-state index in [1.54, 1.807) is 24.3 Å². The molecular weight excluding hydrogens is 376 g/mol. The molecule has 2 aromatic rings. The predicted molar refractivity (Wildman–Crippen MR) is 103 cm³/mol.